The Morgan fingerprint density at radius 1 is 1.38 bits per heavy atom. The lowest BCUT2D eigenvalue weighted by Gasteiger charge is -2.17. The molecular formula is C11H17NO. The van der Waals surface area contributed by atoms with Crippen LogP contribution in [0.1, 0.15) is 39.0 Å². The second-order valence-corrected chi connectivity index (χ2v) is 4.26. The number of nitrogens with zero attached hydrogens (tertiary/aromatic N) is 1. The van der Waals surface area contributed by atoms with E-state index >= 15 is 0 Å². The van der Waals surface area contributed by atoms with Crippen molar-refractivity contribution in [2.45, 2.75) is 45.1 Å². The summed E-state index contributed by atoms with van der Waals surface area (Å²) in [4.78, 5) is 13.8. The van der Waals surface area contributed by atoms with Crippen LogP contribution in [0.25, 0.3) is 0 Å². The maximum atomic E-state index is 11.9. The summed E-state index contributed by atoms with van der Waals surface area (Å²) in [7, 11) is 1.94. The second kappa shape index (κ2) is 3.17. The van der Waals surface area contributed by atoms with Gasteiger partial charge in [0, 0.05) is 18.7 Å². The number of rotatable bonds is 2. The fourth-order valence-electron chi connectivity index (χ4n) is 2.02. The lowest BCUT2D eigenvalue weighted by molar-refractivity contribution is -0.126. The van der Waals surface area contributed by atoms with E-state index < -0.39 is 0 Å². The predicted molar refractivity (Wildman–Crippen MR) is 52.3 cm³/mol. The summed E-state index contributed by atoms with van der Waals surface area (Å²) in [6.07, 6.45) is 5.70. The predicted octanol–water partition coefficient (Wildman–Crippen LogP) is 2.11. The molecule has 72 valence electrons. The molecule has 0 aromatic carbocycles. The molecule has 0 N–H and O–H groups in total. The largest absolute Gasteiger partial charge is 0.339 e. The van der Waals surface area contributed by atoms with Crippen molar-refractivity contribution in [2.24, 2.45) is 0 Å². The van der Waals surface area contributed by atoms with E-state index in [2.05, 4.69) is 6.92 Å². The molecule has 2 heteroatoms. The van der Waals surface area contributed by atoms with Crippen LogP contribution in [0.3, 0.4) is 0 Å². The molecule has 0 aromatic heterocycles. The Morgan fingerprint density at radius 2 is 2.08 bits per heavy atom. The lowest BCUT2D eigenvalue weighted by Crippen LogP contribution is -2.29. The molecule has 1 amide bonds. The van der Waals surface area contributed by atoms with Crippen LogP contribution in [-0.2, 0) is 4.79 Å². The zero-order valence-corrected chi connectivity index (χ0v) is 8.47. The van der Waals surface area contributed by atoms with Crippen LogP contribution < -0.4 is 0 Å². The minimum atomic E-state index is 0.289. The molecule has 0 aromatic rings. The summed E-state index contributed by atoms with van der Waals surface area (Å²) in [6, 6.07) is 0.549. The van der Waals surface area contributed by atoms with Crippen molar-refractivity contribution in [3.05, 3.63) is 11.1 Å². The molecule has 0 atom stereocenters. The van der Waals surface area contributed by atoms with E-state index in [-0.39, 0.29) is 5.91 Å². The molecule has 2 aliphatic carbocycles. The van der Waals surface area contributed by atoms with E-state index in [1.165, 1.54) is 24.8 Å². The highest BCUT2D eigenvalue weighted by Crippen LogP contribution is 2.31. The van der Waals surface area contributed by atoms with Crippen LogP contribution in [-0.4, -0.2) is 23.9 Å². The Labute approximate surface area is 79.6 Å². The van der Waals surface area contributed by atoms with Crippen LogP contribution in [0, 0.1) is 0 Å². The minimum Gasteiger partial charge on any atom is -0.339 e. The molecule has 0 heterocycles. The van der Waals surface area contributed by atoms with E-state index in [0.29, 0.717) is 6.04 Å². The minimum absolute atomic E-state index is 0.289. The van der Waals surface area contributed by atoms with E-state index in [9.17, 15) is 4.79 Å². The Morgan fingerprint density at radius 3 is 2.54 bits per heavy atom. The quantitative estimate of drug-likeness (QED) is 0.635. The third-order valence-electron chi connectivity index (χ3n) is 3.17. The highest BCUT2D eigenvalue weighted by Gasteiger charge is 2.32. The van der Waals surface area contributed by atoms with Gasteiger partial charge in [0.2, 0.25) is 5.91 Å². The summed E-state index contributed by atoms with van der Waals surface area (Å²) in [5, 5.41) is 0. The number of carbonyl (C=O) groups is 1. The second-order valence-electron chi connectivity index (χ2n) is 4.26. The number of hydrogen-bond donors (Lipinski definition) is 0. The van der Waals surface area contributed by atoms with Gasteiger partial charge in [-0.2, -0.15) is 0 Å². The Kier molecular flexibility index (Phi) is 2.14. The number of hydrogen-bond acceptors (Lipinski definition) is 1. The van der Waals surface area contributed by atoms with Gasteiger partial charge in [0.05, 0.1) is 0 Å². The van der Waals surface area contributed by atoms with Crippen molar-refractivity contribution in [1.82, 2.24) is 4.90 Å². The molecule has 0 aliphatic heterocycles. The summed E-state index contributed by atoms with van der Waals surface area (Å²) < 4.78 is 0. The zero-order valence-electron chi connectivity index (χ0n) is 8.47. The third kappa shape index (κ3) is 1.62. The van der Waals surface area contributed by atoms with E-state index in [1.807, 2.05) is 11.9 Å². The first-order chi connectivity index (χ1) is 6.20. The molecule has 0 radical (unpaired) electrons. The van der Waals surface area contributed by atoms with Crippen molar-refractivity contribution in [3.63, 3.8) is 0 Å². The van der Waals surface area contributed by atoms with E-state index in [4.69, 9.17) is 0 Å². The maximum Gasteiger partial charge on any atom is 0.249 e. The third-order valence-corrected chi connectivity index (χ3v) is 3.17. The van der Waals surface area contributed by atoms with Crippen molar-refractivity contribution < 1.29 is 4.79 Å². The van der Waals surface area contributed by atoms with Crippen molar-refractivity contribution >= 4 is 5.91 Å². The Bertz CT molecular complexity index is 263. The zero-order chi connectivity index (χ0) is 9.42. The van der Waals surface area contributed by atoms with Gasteiger partial charge in [-0.3, -0.25) is 4.79 Å². The van der Waals surface area contributed by atoms with E-state index in [1.54, 1.807) is 0 Å². The molecule has 0 bridgehead atoms. The molecule has 13 heavy (non-hydrogen) atoms. The van der Waals surface area contributed by atoms with Gasteiger partial charge in [0.1, 0.15) is 0 Å². The maximum absolute atomic E-state index is 11.9. The molecule has 0 unspecified atom stereocenters. The molecule has 2 nitrogen and oxygen atoms in total. The van der Waals surface area contributed by atoms with Crippen LogP contribution in [0.2, 0.25) is 0 Å². The molecule has 1 fully saturated rings. The van der Waals surface area contributed by atoms with Gasteiger partial charge in [-0.1, -0.05) is 5.57 Å². The highest BCUT2D eigenvalue weighted by molar-refractivity contribution is 5.94. The van der Waals surface area contributed by atoms with Gasteiger partial charge >= 0.3 is 0 Å². The number of allylic oxidation sites excluding steroid dienone is 1. The normalized spacial score (nSPS) is 22.3. The summed E-state index contributed by atoms with van der Waals surface area (Å²) in [5.41, 5.74) is 2.41. The fourth-order valence-corrected chi connectivity index (χ4v) is 2.02. The van der Waals surface area contributed by atoms with Crippen LogP contribution in [0.4, 0.5) is 0 Å². The van der Waals surface area contributed by atoms with Gasteiger partial charge in [0.15, 0.2) is 0 Å². The standard InChI is InChI=1S/C11H17NO/c1-8-4-3-5-10(8)11(13)12(2)9-6-7-9/h9H,3-7H2,1-2H3. The molecule has 2 aliphatic rings. The van der Waals surface area contributed by atoms with Crippen LogP contribution in [0.5, 0.6) is 0 Å². The first kappa shape index (κ1) is 8.79. The van der Waals surface area contributed by atoms with Crippen LogP contribution in [0.15, 0.2) is 11.1 Å². The van der Waals surface area contributed by atoms with Gasteiger partial charge < -0.3 is 4.90 Å². The average molecular weight is 179 g/mol. The van der Waals surface area contributed by atoms with Crippen molar-refractivity contribution in [3.8, 4) is 0 Å². The lowest BCUT2D eigenvalue weighted by atomic mass is 10.1. The Hall–Kier alpha value is -0.790. The van der Waals surface area contributed by atoms with E-state index in [0.717, 1.165) is 18.4 Å². The van der Waals surface area contributed by atoms with Crippen LogP contribution >= 0.6 is 0 Å². The number of amides is 1. The Balaban J connectivity index is 2.07. The monoisotopic (exact) mass is 179 g/mol. The smallest absolute Gasteiger partial charge is 0.249 e. The van der Waals surface area contributed by atoms with Gasteiger partial charge in [0.25, 0.3) is 0 Å². The highest BCUT2D eigenvalue weighted by atomic mass is 16.2. The van der Waals surface area contributed by atoms with Gasteiger partial charge in [-0.25, -0.2) is 0 Å². The molecule has 0 saturated heterocycles. The molecule has 1 saturated carbocycles. The number of likely N-dealkylation sites (N-methyl/N-ethyl adjacent to an activating group) is 1. The first-order valence-corrected chi connectivity index (χ1v) is 5.16. The summed E-state index contributed by atoms with van der Waals surface area (Å²) >= 11 is 0. The fraction of sp³-hybridized carbons (Fsp3) is 0.727. The van der Waals surface area contributed by atoms with Gasteiger partial charge in [-0.05, 0) is 39.0 Å². The molecule has 0 spiro atoms. The SMILES string of the molecule is CC1=C(C(=O)N(C)C2CC2)CCC1. The van der Waals surface area contributed by atoms with Crippen molar-refractivity contribution in [1.29, 1.82) is 0 Å². The summed E-state index contributed by atoms with van der Waals surface area (Å²) in [6.45, 7) is 2.10. The average Bonchev–Trinajstić information content (AvgIpc) is 2.87. The summed E-state index contributed by atoms with van der Waals surface area (Å²) in [5.74, 6) is 0.289. The van der Waals surface area contributed by atoms with Gasteiger partial charge in [-0.15, -0.1) is 0 Å². The first-order valence-electron chi connectivity index (χ1n) is 5.16. The molecular weight excluding hydrogens is 162 g/mol. The molecule has 2 rings (SSSR count). The topological polar surface area (TPSA) is 20.3 Å². The number of carbonyl (C=O) groups excluding carboxylic acids is 1. The van der Waals surface area contributed by atoms with Crippen molar-refractivity contribution in [2.75, 3.05) is 7.05 Å².